The van der Waals surface area contributed by atoms with Gasteiger partial charge in [0, 0.05) is 151 Å². The number of hydrogen-bond donors (Lipinski definition) is 8. The maximum absolute atomic E-state index is 13.7. The van der Waals surface area contributed by atoms with Gasteiger partial charge in [-0.25, -0.2) is 31.3 Å². The second-order valence-electron chi connectivity index (χ2n) is 42.0. The number of pyridine rings is 1. The maximum atomic E-state index is 13.7. The van der Waals surface area contributed by atoms with Crippen LogP contribution < -0.4 is 66.2 Å². The number of aromatic nitrogens is 6. The lowest BCUT2D eigenvalue weighted by molar-refractivity contribution is -0.208. The Kier molecular flexibility index (Phi) is 33.0. The fourth-order valence-corrected chi connectivity index (χ4v) is 24.4. The monoisotopic (exact) mass is 2200 g/mol. The van der Waals surface area contributed by atoms with Gasteiger partial charge in [0.1, 0.15) is 64.4 Å². The highest BCUT2D eigenvalue weighted by Crippen LogP contribution is 2.76. The number of Topliss-reactive ketones (excluding diaryl/α,β-unsaturated/α-hetero) is 2. The molecule has 0 radical (unpaired) electrons. The second-order valence-corrected chi connectivity index (χ2v) is 45.4. The van der Waals surface area contributed by atoms with Crippen molar-refractivity contribution in [2.24, 2.45) is 46.6 Å². The number of ether oxygens (including phenoxy) is 5. The summed E-state index contributed by atoms with van der Waals surface area (Å²) in [6.07, 6.45) is 17.9. The molecule has 42 heteroatoms. The molecule has 15 aliphatic carbocycles. The fourth-order valence-electron chi connectivity index (χ4n) is 22.7. The summed E-state index contributed by atoms with van der Waals surface area (Å²) in [5, 5.41) is 36.5. The highest BCUT2D eigenvalue weighted by molar-refractivity contribution is 7.09. The number of aryl methyl sites for hydroxylation is 7. The molecular formula is C108H114Cl6F6N14O15S. The van der Waals surface area contributed by atoms with Gasteiger partial charge >= 0.3 is 0 Å². The van der Waals surface area contributed by atoms with E-state index in [1.807, 2.05) is 71.4 Å². The minimum atomic E-state index is -3.19. The van der Waals surface area contributed by atoms with E-state index in [-0.39, 0.29) is 168 Å². The lowest BCUT2D eigenvalue weighted by Gasteiger charge is -2.70. The van der Waals surface area contributed by atoms with Crippen molar-refractivity contribution < 1.29 is 98.0 Å². The first-order valence-corrected chi connectivity index (χ1v) is 52.3. The number of halogens is 12. The van der Waals surface area contributed by atoms with Crippen molar-refractivity contribution in [1.29, 1.82) is 0 Å². The quantitative estimate of drug-likeness (QED) is 0.0165. The number of nitrogens with one attached hydrogen (secondary N) is 8. The van der Waals surface area contributed by atoms with Crippen LogP contribution in [0.1, 0.15) is 185 Å². The van der Waals surface area contributed by atoms with Crippen LogP contribution in [0.25, 0.3) is 0 Å². The average molecular weight is 2210 g/mol. The van der Waals surface area contributed by atoms with Crippen LogP contribution in [-0.2, 0) is 107 Å². The molecule has 15 aliphatic rings. The van der Waals surface area contributed by atoms with E-state index in [1.165, 1.54) is 42.5 Å². The summed E-state index contributed by atoms with van der Waals surface area (Å²) in [6.45, 7) is 9.11. The van der Waals surface area contributed by atoms with E-state index in [4.69, 9.17) is 93.3 Å². The van der Waals surface area contributed by atoms with Crippen LogP contribution in [0.15, 0.2) is 151 Å². The smallest absolute Gasteiger partial charge is 0.270 e. The number of hydrogen-bond acceptors (Lipinski definition) is 20. The summed E-state index contributed by atoms with van der Waals surface area (Å²) < 4.78 is 111. The average Bonchev–Trinajstić information content (AvgIpc) is 0.779. The Labute approximate surface area is 896 Å². The fraction of sp³-hybridized carbons (Fsp3) is 0.444. The first kappa shape index (κ1) is 111. The van der Waals surface area contributed by atoms with Gasteiger partial charge in [0.05, 0.1) is 81.1 Å². The van der Waals surface area contributed by atoms with Crippen LogP contribution in [0.2, 0.25) is 30.1 Å². The first-order chi connectivity index (χ1) is 71.0. The van der Waals surface area contributed by atoms with E-state index in [2.05, 4.69) is 75.0 Å². The van der Waals surface area contributed by atoms with E-state index < -0.39 is 51.6 Å². The normalized spacial score (nSPS) is 24.0. The zero-order valence-electron chi connectivity index (χ0n) is 83.4. The predicted octanol–water partition coefficient (Wildman–Crippen LogP) is 17.9. The number of nitrogens with zero attached hydrogens (tertiary/aromatic N) is 6. The minimum Gasteiger partial charge on any atom is -0.486 e. The van der Waals surface area contributed by atoms with Crippen LogP contribution in [-0.4, -0.2) is 150 Å². The molecule has 25 rings (SSSR count). The number of rotatable bonds is 41. The molecule has 15 fully saturated rings. The van der Waals surface area contributed by atoms with E-state index in [0.29, 0.717) is 149 Å². The van der Waals surface area contributed by atoms with Gasteiger partial charge in [0.2, 0.25) is 23.6 Å². The summed E-state index contributed by atoms with van der Waals surface area (Å²) in [4.78, 5) is 133. The van der Waals surface area contributed by atoms with Crippen molar-refractivity contribution in [2.75, 3.05) is 39.6 Å². The molecule has 6 aromatic carbocycles. The van der Waals surface area contributed by atoms with Crippen LogP contribution >= 0.6 is 80.9 Å². The van der Waals surface area contributed by atoms with Gasteiger partial charge in [-0.05, 0) is 256 Å². The van der Waals surface area contributed by atoms with Crippen molar-refractivity contribution in [2.45, 2.75) is 217 Å². The predicted molar refractivity (Wildman–Crippen MR) is 549 cm³/mol. The summed E-state index contributed by atoms with van der Waals surface area (Å²) in [7, 11) is 3.71. The summed E-state index contributed by atoms with van der Waals surface area (Å²) in [5.41, 5.74) is 3.40. The number of thiazole rings is 1. The van der Waals surface area contributed by atoms with Gasteiger partial charge < -0.3 is 66.2 Å². The molecule has 0 spiro atoms. The first-order valence-electron chi connectivity index (χ1n) is 49.2. The van der Waals surface area contributed by atoms with Gasteiger partial charge in [-0.2, -0.15) is 10.2 Å². The number of carbonyl (C=O) groups excluding carboxylic acids is 10. The lowest BCUT2D eigenvalue weighted by atomic mass is 9.33. The van der Waals surface area contributed by atoms with Crippen LogP contribution in [0, 0.1) is 76.5 Å². The topological polar surface area (TPSA) is 375 Å². The van der Waals surface area contributed by atoms with Gasteiger partial charge in [-0.3, -0.25) is 62.3 Å². The maximum Gasteiger partial charge on any atom is 0.270 e. The van der Waals surface area contributed by atoms with Crippen molar-refractivity contribution in [3.63, 3.8) is 0 Å². The Morgan fingerprint density at radius 2 is 0.900 bits per heavy atom. The molecule has 0 saturated heterocycles. The van der Waals surface area contributed by atoms with Gasteiger partial charge in [0.15, 0.2) is 32.2 Å². The van der Waals surface area contributed by atoms with Crippen LogP contribution in [0.3, 0.4) is 0 Å². The number of carbonyl (C=O) groups is 10. The van der Waals surface area contributed by atoms with Gasteiger partial charge in [0.25, 0.3) is 29.6 Å². The largest absolute Gasteiger partial charge is 0.486 e. The zero-order chi connectivity index (χ0) is 107. The Bertz CT molecular complexity index is 6610. The molecule has 0 atom stereocenters. The zero-order valence-corrected chi connectivity index (χ0v) is 88.7. The van der Waals surface area contributed by atoms with E-state index in [1.54, 1.807) is 57.2 Å². The molecular weight excluding hydrogens is 2090 g/mol. The molecule has 10 aromatic rings. The highest BCUT2D eigenvalue weighted by atomic mass is 35.5. The number of alkyl halides is 2. The van der Waals surface area contributed by atoms with Crippen molar-refractivity contribution >= 4 is 140 Å². The third-order valence-corrected chi connectivity index (χ3v) is 32.7. The van der Waals surface area contributed by atoms with E-state index in [0.717, 1.165) is 120 Å². The molecule has 8 N–H and O–H groups in total. The van der Waals surface area contributed by atoms with E-state index >= 15 is 0 Å². The molecule has 29 nitrogen and oxygen atoms in total. The Balaban J connectivity index is 0.000000134. The molecule has 15 saturated carbocycles. The minimum absolute atomic E-state index is 0.00149. The molecule has 4 aromatic heterocycles. The molecule has 4 heterocycles. The Morgan fingerprint density at radius 1 is 0.460 bits per heavy atom. The van der Waals surface area contributed by atoms with E-state index in [9.17, 15) is 74.3 Å². The summed E-state index contributed by atoms with van der Waals surface area (Å²) in [5.74, 6) is -4.90. The summed E-state index contributed by atoms with van der Waals surface area (Å²) in [6, 6.07) is 33.0. The standard InChI is InChI=1S/C24H26ClNO3.C23H21ClF4N2O3.C21H23ClFN3O3S.C20H22Cl2N4O3.C20H22ClFN4O3/c1-17-11-20(8-9-21(17)25)29-13-19(27)12-23-14-24(15-23,16-23)22(28)7-4-6-18-5-2-3-10-26-18;1-21(27,28)14-4-13(5-15(25)6-14)8-29-20(32)22-10-23(11-22,12-22)30-19(31)9-33-16-2-3-17(24)18(26)7-16;1-2-13-9-30-18(25-13)5-6-24-19(28)20-10-21(11-20,12-20)26-17(27)8-29-14-3-4-15(22)16(23)7-14;1-12-5-13(26(2)25-12)7-23-18(28)19-9-20(10-19,11-19)24-17(27)8-29-14-3-4-15(21)16(22)6-14;1-12-13(7-26(2)25-12)6-23-18(28)19-9-20(10-19,11-19)24-17(27)8-29-14-3-4-15(21)16(22)5-14/h2-3,5,8-11H,4,6-7,12-16H2,1H3;2-7H,8-12H2,1H3,(H,29,32)(H,30,31);3-4,7,9H,2,5-6,8,10-12H2,1H3,(H,24,28)(H,26,27);3-6H,7-11H2,1-2H3,(H,23,28)(H,24,27);3-5,7H,6,8-11H2,1-2H3,(H,23,28)(H,24,27). The molecule has 0 aliphatic heterocycles. The van der Waals surface area contributed by atoms with Crippen LogP contribution in [0.4, 0.5) is 26.3 Å². The lowest BCUT2D eigenvalue weighted by Crippen LogP contribution is -2.78. The molecule has 796 valence electrons. The van der Waals surface area contributed by atoms with Gasteiger partial charge in [-0.15, -0.1) is 11.3 Å². The Hall–Kier alpha value is -12.1. The van der Waals surface area contributed by atoms with Crippen molar-refractivity contribution in [1.82, 2.24) is 72.1 Å². The van der Waals surface area contributed by atoms with Crippen molar-refractivity contribution in [3.05, 3.63) is 260 Å². The SMILES string of the molecule is CC(F)(F)c1cc(F)cc(CNC(=O)C23CC(NC(=O)COc4ccc(Cl)c(F)c4)(C2)C3)c1.CCc1csc(CCNC(=O)C23CC(NC(=O)COc4ccc(Cl)c(F)c4)(C2)C3)n1.Cc1cc(CNC(=O)C23CC(NC(=O)COc4ccc(Cl)c(Cl)c4)(C2)C3)n(C)n1.Cc1cc(OCC(=O)CC23CC(C(=O)CCCc4ccccn4)(C2)C3)ccc1Cl.Cc1nn(C)cc1CNC(=O)C12CC(NC(=O)COc3ccc(Cl)c(F)c3)(C1)C2. The van der Waals surface area contributed by atoms with Crippen molar-refractivity contribution in [3.8, 4) is 28.7 Å². The number of benzene rings is 6. The molecule has 0 unspecified atom stereocenters. The summed E-state index contributed by atoms with van der Waals surface area (Å²) >= 11 is 36.3. The molecule has 10 bridgehead atoms. The molecule has 150 heavy (non-hydrogen) atoms. The van der Waals surface area contributed by atoms with Gasteiger partial charge in [-0.1, -0.05) is 82.6 Å². The highest BCUT2D eigenvalue weighted by Gasteiger charge is 2.76. The Morgan fingerprint density at radius 3 is 1.31 bits per heavy atom. The second kappa shape index (κ2) is 44.7. The third-order valence-electron chi connectivity index (χ3n) is 29.7. The third kappa shape index (κ3) is 25.6. The number of ketones is 2. The van der Waals surface area contributed by atoms with Crippen LogP contribution in [0.5, 0.6) is 28.7 Å². The molecule has 8 amide bonds. The number of amides is 8.